The number of rotatable bonds is 8. The summed E-state index contributed by atoms with van der Waals surface area (Å²) in [4.78, 5) is 42.4. The number of hydrazine groups is 1. The Morgan fingerprint density at radius 2 is 1.74 bits per heavy atom. The second-order valence-electron chi connectivity index (χ2n) is 7.06. The van der Waals surface area contributed by atoms with Crippen LogP contribution in [0.2, 0.25) is 0 Å². The highest BCUT2D eigenvalue weighted by molar-refractivity contribution is 7.98. The second-order valence-corrected chi connectivity index (χ2v) is 8.02. The van der Waals surface area contributed by atoms with E-state index in [0.29, 0.717) is 11.3 Å². The van der Waals surface area contributed by atoms with Gasteiger partial charge in [-0.25, -0.2) is 4.98 Å². The van der Waals surface area contributed by atoms with Gasteiger partial charge in [-0.3, -0.25) is 30.6 Å². The van der Waals surface area contributed by atoms with Gasteiger partial charge in [-0.2, -0.15) is 0 Å². The molecule has 4 rings (SSSR count). The van der Waals surface area contributed by atoms with E-state index in [1.54, 1.807) is 30.0 Å². The number of nitro groups is 1. The summed E-state index contributed by atoms with van der Waals surface area (Å²) < 4.78 is 5.18. The fourth-order valence-electron chi connectivity index (χ4n) is 3.01. The minimum absolute atomic E-state index is 0.0370. The number of nitro benzene ring substituents is 1. The number of carbonyl (C=O) groups is 2. The summed E-state index contributed by atoms with van der Waals surface area (Å²) in [5.41, 5.74) is 7.51. The van der Waals surface area contributed by atoms with Gasteiger partial charge in [0.05, 0.1) is 16.0 Å². The quantitative estimate of drug-likeness (QED) is 0.200. The van der Waals surface area contributed by atoms with Crippen molar-refractivity contribution in [2.75, 3.05) is 6.61 Å². The summed E-state index contributed by atoms with van der Waals surface area (Å²) in [6.45, 7) is -0.497. The summed E-state index contributed by atoms with van der Waals surface area (Å²) in [6, 6.07) is 20.5. The molecule has 10 nitrogen and oxygen atoms in total. The lowest BCUT2D eigenvalue weighted by molar-refractivity contribution is -0.385. The van der Waals surface area contributed by atoms with Gasteiger partial charge >= 0.3 is 5.69 Å². The van der Waals surface area contributed by atoms with Gasteiger partial charge in [0.2, 0.25) is 0 Å². The Balaban J connectivity index is 1.24. The fourth-order valence-corrected chi connectivity index (χ4v) is 3.85. The van der Waals surface area contributed by atoms with Crippen LogP contribution in [0.4, 0.5) is 5.69 Å². The summed E-state index contributed by atoms with van der Waals surface area (Å²) in [6.07, 6.45) is 0. The van der Waals surface area contributed by atoms with Crippen LogP contribution < -0.4 is 15.6 Å². The lowest BCUT2D eigenvalue weighted by atomic mass is 10.1. The van der Waals surface area contributed by atoms with E-state index in [1.165, 1.54) is 18.2 Å². The molecule has 0 aliphatic rings. The molecule has 0 aliphatic heterocycles. The molecule has 34 heavy (non-hydrogen) atoms. The molecule has 0 saturated heterocycles. The first-order valence-corrected chi connectivity index (χ1v) is 11.1. The van der Waals surface area contributed by atoms with E-state index in [4.69, 9.17) is 4.74 Å². The zero-order valence-electron chi connectivity index (χ0n) is 17.7. The molecular weight excluding hydrogens is 458 g/mol. The van der Waals surface area contributed by atoms with Crippen molar-refractivity contribution in [3.63, 3.8) is 0 Å². The third-order valence-electron chi connectivity index (χ3n) is 4.70. The molecule has 0 unspecified atom stereocenters. The maximum atomic E-state index is 12.3. The number of hydrogen-bond acceptors (Lipinski definition) is 7. The van der Waals surface area contributed by atoms with Crippen molar-refractivity contribution >= 4 is 40.3 Å². The molecule has 0 radical (unpaired) electrons. The smallest absolute Gasteiger partial charge is 0.310 e. The van der Waals surface area contributed by atoms with E-state index in [0.717, 1.165) is 21.8 Å². The lowest BCUT2D eigenvalue weighted by Gasteiger charge is -2.09. The Kier molecular flexibility index (Phi) is 7.04. The standard InChI is InChI=1S/C23H19N5O5S/c29-21(13-33-20-8-4-3-7-19(20)28(31)32)26-27-22(30)16-11-9-15(10-12-16)14-34-23-24-17-5-1-2-6-18(17)25-23/h1-12H,13-14H2,(H,24,25)(H,26,29)(H,27,30). The molecular formula is C23H19N5O5S. The van der Waals surface area contributed by atoms with Crippen LogP contribution in [0.5, 0.6) is 5.75 Å². The number of imidazole rings is 1. The number of amides is 2. The normalized spacial score (nSPS) is 10.6. The maximum Gasteiger partial charge on any atom is 0.310 e. The number of para-hydroxylation sites is 4. The predicted octanol–water partition coefficient (Wildman–Crippen LogP) is 3.60. The van der Waals surface area contributed by atoms with Crippen molar-refractivity contribution in [1.82, 2.24) is 20.8 Å². The molecule has 3 N–H and O–H groups in total. The SMILES string of the molecule is O=C(COc1ccccc1[N+](=O)[O-])NNC(=O)c1ccc(CSc2nc3ccccc3[nH]2)cc1. The van der Waals surface area contributed by atoms with Gasteiger partial charge in [0.25, 0.3) is 11.8 Å². The average molecular weight is 478 g/mol. The Bertz CT molecular complexity index is 1310. The van der Waals surface area contributed by atoms with Gasteiger partial charge in [0.1, 0.15) is 0 Å². The van der Waals surface area contributed by atoms with E-state index >= 15 is 0 Å². The first-order chi connectivity index (χ1) is 16.5. The molecule has 0 spiro atoms. The van der Waals surface area contributed by atoms with Crippen LogP contribution in [0.25, 0.3) is 11.0 Å². The number of benzene rings is 3. The van der Waals surface area contributed by atoms with Gasteiger partial charge in [0, 0.05) is 17.4 Å². The minimum Gasteiger partial charge on any atom is -0.477 e. The number of aromatic amines is 1. The number of nitrogens with one attached hydrogen (secondary N) is 3. The van der Waals surface area contributed by atoms with Gasteiger partial charge in [-0.15, -0.1) is 0 Å². The average Bonchev–Trinajstić information content (AvgIpc) is 3.28. The van der Waals surface area contributed by atoms with Crippen LogP contribution >= 0.6 is 11.8 Å². The van der Waals surface area contributed by atoms with Gasteiger partial charge < -0.3 is 9.72 Å². The summed E-state index contributed by atoms with van der Waals surface area (Å²) in [5, 5.41) is 11.8. The first-order valence-electron chi connectivity index (χ1n) is 10.1. The molecule has 0 fully saturated rings. The zero-order valence-corrected chi connectivity index (χ0v) is 18.5. The second kappa shape index (κ2) is 10.5. The van der Waals surface area contributed by atoms with Crippen molar-refractivity contribution in [3.05, 3.63) is 94.0 Å². The summed E-state index contributed by atoms with van der Waals surface area (Å²) in [7, 11) is 0. The van der Waals surface area contributed by atoms with Crippen LogP contribution in [0.15, 0.2) is 78.0 Å². The topological polar surface area (TPSA) is 139 Å². The summed E-state index contributed by atoms with van der Waals surface area (Å²) in [5.74, 6) is -0.535. The Morgan fingerprint density at radius 1 is 1.00 bits per heavy atom. The Labute approximate surface area is 197 Å². The first kappa shape index (κ1) is 22.8. The van der Waals surface area contributed by atoms with E-state index < -0.39 is 23.3 Å². The number of fused-ring (bicyclic) bond motifs is 1. The highest BCUT2D eigenvalue weighted by atomic mass is 32.2. The molecule has 1 aromatic heterocycles. The molecule has 0 bridgehead atoms. The van der Waals surface area contributed by atoms with Crippen LogP contribution in [0, 0.1) is 10.1 Å². The van der Waals surface area contributed by atoms with Crippen LogP contribution in [-0.4, -0.2) is 33.3 Å². The minimum atomic E-state index is -0.662. The Hall–Kier alpha value is -4.38. The van der Waals surface area contributed by atoms with E-state index in [-0.39, 0.29) is 11.4 Å². The molecule has 2 amide bonds. The molecule has 1 heterocycles. The molecule has 172 valence electrons. The van der Waals surface area contributed by atoms with Gasteiger partial charge in [-0.1, -0.05) is 48.2 Å². The van der Waals surface area contributed by atoms with E-state index in [9.17, 15) is 19.7 Å². The number of carbonyl (C=O) groups excluding carboxylic acids is 2. The molecule has 4 aromatic rings. The predicted molar refractivity (Wildman–Crippen MR) is 126 cm³/mol. The molecule has 0 saturated carbocycles. The molecule has 3 aromatic carbocycles. The van der Waals surface area contributed by atoms with Crippen molar-refractivity contribution in [2.45, 2.75) is 10.9 Å². The van der Waals surface area contributed by atoms with Crippen molar-refractivity contribution in [3.8, 4) is 5.75 Å². The number of hydrogen-bond donors (Lipinski definition) is 3. The van der Waals surface area contributed by atoms with Gasteiger partial charge in [-0.05, 0) is 35.9 Å². The van der Waals surface area contributed by atoms with Crippen molar-refractivity contribution in [1.29, 1.82) is 0 Å². The zero-order chi connectivity index (χ0) is 23.9. The molecule has 11 heteroatoms. The number of ether oxygens (including phenoxy) is 1. The number of aromatic nitrogens is 2. The monoisotopic (exact) mass is 477 g/mol. The largest absolute Gasteiger partial charge is 0.477 e. The highest BCUT2D eigenvalue weighted by Gasteiger charge is 2.15. The molecule has 0 aliphatic carbocycles. The summed E-state index contributed by atoms with van der Waals surface area (Å²) >= 11 is 1.55. The maximum absolute atomic E-state index is 12.3. The van der Waals surface area contributed by atoms with Crippen molar-refractivity contribution in [2.24, 2.45) is 0 Å². The fraction of sp³-hybridized carbons (Fsp3) is 0.0870. The lowest BCUT2D eigenvalue weighted by Crippen LogP contribution is -2.43. The van der Waals surface area contributed by atoms with Crippen LogP contribution in [0.3, 0.4) is 0 Å². The van der Waals surface area contributed by atoms with Crippen LogP contribution in [0.1, 0.15) is 15.9 Å². The van der Waals surface area contributed by atoms with E-state index in [1.807, 2.05) is 36.4 Å². The Morgan fingerprint density at radius 3 is 2.50 bits per heavy atom. The third-order valence-corrected chi connectivity index (χ3v) is 5.64. The number of H-pyrrole nitrogens is 1. The van der Waals surface area contributed by atoms with E-state index in [2.05, 4.69) is 20.8 Å². The molecule has 0 atom stereocenters. The number of nitrogens with zero attached hydrogens (tertiary/aromatic N) is 2. The third kappa shape index (κ3) is 5.70. The van der Waals surface area contributed by atoms with Gasteiger partial charge in [0.15, 0.2) is 17.5 Å². The highest BCUT2D eigenvalue weighted by Crippen LogP contribution is 2.25. The number of thioether (sulfide) groups is 1. The van der Waals surface area contributed by atoms with Crippen LogP contribution in [-0.2, 0) is 10.5 Å². The van der Waals surface area contributed by atoms with Crippen molar-refractivity contribution < 1.29 is 19.2 Å².